The highest BCUT2D eigenvalue weighted by atomic mass is 14.2. The quantitative estimate of drug-likeness (QED) is 0.115. The van der Waals surface area contributed by atoms with Gasteiger partial charge in [-0.25, -0.2) is 0 Å². The van der Waals surface area contributed by atoms with Crippen molar-refractivity contribution in [3.63, 3.8) is 0 Å². The van der Waals surface area contributed by atoms with Crippen LogP contribution in [0.4, 0.5) is 0 Å². The van der Waals surface area contributed by atoms with Gasteiger partial charge in [0.15, 0.2) is 0 Å². The van der Waals surface area contributed by atoms with Gasteiger partial charge in [-0.05, 0) is 117 Å². The monoisotopic (exact) mass is 602 g/mol. The topological polar surface area (TPSA) is 0 Å². The van der Waals surface area contributed by atoms with Crippen molar-refractivity contribution >= 4 is 21.5 Å². The van der Waals surface area contributed by atoms with Crippen molar-refractivity contribution in [3.8, 4) is 33.4 Å². The van der Waals surface area contributed by atoms with Crippen LogP contribution in [0, 0.1) is 13.8 Å². The lowest BCUT2D eigenvalue weighted by Crippen LogP contribution is -1.94. The Morgan fingerprint density at radius 2 is 0.739 bits per heavy atom. The predicted molar refractivity (Wildman–Crippen MR) is 203 cm³/mol. The molecular formula is C46H50. The fourth-order valence-corrected chi connectivity index (χ4v) is 7.27. The summed E-state index contributed by atoms with van der Waals surface area (Å²) in [6.07, 6.45) is 12.7. The van der Waals surface area contributed by atoms with Crippen LogP contribution >= 0.6 is 0 Å². The summed E-state index contributed by atoms with van der Waals surface area (Å²) < 4.78 is 0. The molecule has 0 heterocycles. The highest BCUT2D eigenvalue weighted by Gasteiger charge is 2.15. The van der Waals surface area contributed by atoms with E-state index in [1.165, 1.54) is 129 Å². The number of hydrogen-bond acceptors (Lipinski definition) is 0. The molecule has 0 aliphatic rings. The molecule has 0 radical (unpaired) electrons. The summed E-state index contributed by atoms with van der Waals surface area (Å²) in [6, 6.07) is 41.6. The summed E-state index contributed by atoms with van der Waals surface area (Å²) in [5, 5.41) is 5.26. The molecule has 234 valence electrons. The zero-order valence-electron chi connectivity index (χ0n) is 28.5. The van der Waals surface area contributed by atoms with E-state index in [9.17, 15) is 0 Å². The zero-order valence-corrected chi connectivity index (χ0v) is 28.5. The van der Waals surface area contributed by atoms with Crippen molar-refractivity contribution in [1.29, 1.82) is 0 Å². The molecule has 0 fully saturated rings. The summed E-state index contributed by atoms with van der Waals surface area (Å²) in [5.41, 5.74) is 13.7. The zero-order chi connectivity index (χ0) is 31.9. The molecule has 0 heteroatoms. The van der Waals surface area contributed by atoms with Crippen molar-refractivity contribution in [3.05, 3.63) is 131 Å². The van der Waals surface area contributed by atoms with Crippen LogP contribution < -0.4 is 0 Å². The molecule has 0 aliphatic heterocycles. The van der Waals surface area contributed by atoms with Gasteiger partial charge in [0.2, 0.25) is 0 Å². The van der Waals surface area contributed by atoms with E-state index in [2.05, 4.69) is 137 Å². The van der Waals surface area contributed by atoms with E-state index < -0.39 is 0 Å². The standard InChI is InChI=1S/C46H50/c1-5-7-9-11-17-35-31-37(25-23-33(35)3)39-27-29-45(43-21-15-13-19-41(39)43)46-30-28-40(42-20-14-16-22-44(42)46)38-26-24-34(4)36(32-38)18-12-10-8-6-2/h13-16,19-32H,5-12,17-18H2,1-4H3. The Balaban J connectivity index is 1.40. The molecule has 0 saturated heterocycles. The summed E-state index contributed by atoms with van der Waals surface area (Å²) in [5.74, 6) is 0. The molecule has 6 rings (SSSR count). The minimum atomic E-state index is 1.16. The van der Waals surface area contributed by atoms with E-state index in [-0.39, 0.29) is 0 Å². The first-order valence-corrected chi connectivity index (χ1v) is 17.8. The van der Waals surface area contributed by atoms with Crippen molar-refractivity contribution in [1.82, 2.24) is 0 Å². The van der Waals surface area contributed by atoms with Crippen molar-refractivity contribution in [2.24, 2.45) is 0 Å². The Morgan fingerprint density at radius 3 is 1.13 bits per heavy atom. The first kappa shape index (κ1) is 31.8. The highest BCUT2D eigenvalue weighted by molar-refractivity contribution is 6.12. The maximum atomic E-state index is 2.45. The van der Waals surface area contributed by atoms with Gasteiger partial charge in [0.25, 0.3) is 0 Å². The average molecular weight is 603 g/mol. The van der Waals surface area contributed by atoms with E-state index in [4.69, 9.17) is 0 Å². The van der Waals surface area contributed by atoms with E-state index >= 15 is 0 Å². The van der Waals surface area contributed by atoms with Crippen LogP contribution in [0.15, 0.2) is 109 Å². The van der Waals surface area contributed by atoms with Crippen LogP contribution in [0.25, 0.3) is 54.9 Å². The predicted octanol–water partition coefficient (Wildman–Crippen LogP) is 13.9. The second-order valence-corrected chi connectivity index (χ2v) is 13.3. The minimum Gasteiger partial charge on any atom is -0.0654 e. The molecule has 0 N–H and O–H groups in total. The molecule has 6 aromatic rings. The Bertz CT molecular complexity index is 1800. The van der Waals surface area contributed by atoms with Gasteiger partial charge in [0.1, 0.15) is 0 Å². The van der Waals surface area contributed by atoms with Crippen molar-refractivity contribution < 1.29 is 0 Å². The van der Waals surface area contributed by atoms with Crippen LogP contribution in [0.2, 0.25) is 0 Å². The first-order chi connectivity index (χ1) is 22.6. The molecule has 0 atom stereocenters. The van der Waals surface area contributed by atoms with Gasteiger partial charge in [0.05, 0.1) is 0 Å². The lowest BCUT2D eigenvalue weighted by atomic mass is 9.87. The number of hydrogen-bond donors (Lipinski definition) is 0. The fraction of sp³-hybridized carbons (Fsp3) is 0.304. The molecule has 6 aromatic carbocycles. The van der Waals surface area contributed by atoms with E-state index in [0.29, 0.717) is 0 Å². The lowest BCUT2D eigenvalue weighted by Gasteiger charge is -2.17. The summed E-state index contributed by atoms with van der Waals surface area (Å²) in [7, 11) is 0. The molecule has 0 saturated carbocycles. The molecule has 0 unspecified atom stereocenters. The minimum absolute atomic E-state index is 1.16. The first-order valence-electron chi connectivity index (χ1n) is 17.8. The molecule has 46 heavy (non-hydrogen) atoms. The third-order valence-corrected chi connectivity index (χ3v) is 10.1. The van der Waals surface area contributed by atoms with Crippen LogP contribution in [0.3, 0.4) is 0 Å². The third kappa shape index (κ3) is 6.82. The maximum absolute atomic E-state index is 2.45. The Hall–Kier alpha value is -4.16. The van der Waals surface area contributed by atoms with Gasteiger partial charge in [-0.2, -0.15) is 0 Å². The average Bonchev–Trinajstić information content (AvgIpc) is 3.09. The SMILES string of the molecule is CCCCCCc1cc(-c2ccc(-c3ccc(-c4ccc(C)c(CCCCCC)c4)c4ccccc34)c3ccccc23)ccc1C. The second-order valence-electron chi connectivity index (χ2n) is 13.3. The number of benzene rings is 6. The normalized spacial score (nSPS) is 11.5. The molecule has 0 amide bonds. The molecule has 0 spiro atoms. The lowest BCUT2D eigenvalue weighted by molar-refractivity contribution is 0.666. The molecule has 0 aromatic heterocycles. The molecule has 0 bridgehead atoms. The van der Waals surface area contributed by atoms with Crippen molar-refractivity contribution in [2.45, 2.75) is 91.9 Å². The Kier molecular flexibility index (Phi) is 10.3. The largest absolute Gasteiger partial charge is 0.0654 e. The van der Waals surface area contributed by atoms with Crippen LogP contribution in [0.5, 0.6) is 0 Å². The maximum Gasteiger partial charge on any atom is -0.00987 e. The highest BCUT2D eigenvalue weighted by Crippen LogP contribution is 2.41. The number of aryl methyl sites for hydroxylation is 4. The van der Waals surface area contributed by atoms with Gasteiger partial charge in [0, 0.05) is 0 Å². The Morgan fingerprint density at radius 1 is 0.370 bits per heavy atom. The summed E-state index contributed by atoms with van der Waals surface area (Å²) >= 11 is 0. The van der Waals surface area contributed by atoms with E-state index in [1.807, 2.05) is 0 Å². The van der Waals surface area contributed by atoms with Gasteiger partial charge < -0.3 is 0 Å². The van der Waals surface area contributed by atoms with E-state index in [1.54, 1.807) is 0 Å². The summed E-state index contributed by atoms with van der Waals surface area (Å²) in [4.78, 5) is 0. The number of fused-ring (bicyclic) bond motifs is 2. The Labute approximate surface area is 277 Å². The van der Waals surface area contributed by atoms with Gasteiger partial charge in [-0.1, -0.05) is 162 Å². The second kappa shape index (κ2) is 15.0. The van der Waals surface area contributed by atoms with Crippen LogP contribution in [-0.2, 0) is 12.8 Å². The van der Waals surface area contributed by atoms with E-state index in [0.717, 1.165) is 12.8 Å². The fourth-order valence-electron chi connectivity index (χ4n) is 7.27. The molecule has 0 aliphatic carbocycles. The summed E-state index contributed by atoms with van der Waals surface area (Å²) in [6.45, 7) is 9.10. The van der Waals surface area contributed by atoms with Crippen LogP contribution in [0.1, 0.15) is 87.5 Å². The molecule has 0 nitrogen and oxygen atoms in total. The smallest absolute Gasteiger partial charge is 0.00987 e. The van der Waals surface area contributed by atoms with Gasteiger partial charge in [-0.15, -0.1) is 0 Å². The number of rotatable bonds is 13. The van der Waals surface area contributed by atoms with Gasteiger partial charge >= 0.3 is 0 Å². The van der Waals surface area contributed by atoms with Crippen molar-refractivity contribution in [2.75, 3.05) is 0 Å². The molecular weight excluding hydrogens is 553 g/mol. The van der Waals surface area contributed by atoms with Crippen LogP contribution in [-0.4, -0.2) is 0 Å². The number of unbranched alkanes of at least 4 members (excludes halogenated alkanes) is 6. The third-order valence-electron chi connectivity index (χ3n) is 10.1. The van der Waals surface area contributed by atoms with Gasteiger partial charge in [-0.3, -0.25) is 0 Å².